The average molecular weight is 261 g/mol. The Kier molecular flexibility index (Phi) is 2.90. The molecule has 0 radical (unpaired) electrons. The van der Waals surface area contributed by atoms with Crippen LogP contribution in [0.2, 0.25) is 5.02 Å². The summed E-state index contributed by atoms with van der Waals surface area (Å²) in [4.78, 5) is 4.82. The first-order valence-electron chi connectivity index (χ1n) is 6.51. The SMILES string of the molecule is Cc1cc(Cl)cc2c(N)cc(C3CCCC3)nc12. The molecule has 1 heterocycles. The van der Waals surface area contributed by atoms with Crippen LogP contribution in [0.25, 0.3) is 10.9 Å². The van der Waals surface area contributed by atoms with Crippen molar-refractivity contribution in [2.75, 3.05) is 5.73 Å². The number of pyridine rings is 1. The number of hydrogen-bond donors (Lipinski definition) is 1. The lowest BCUT2D eigenvalue weighted by Gasteiger charge is -2.13. The van der Waals surface area contributed by atoms with Crippen LogP contribution in [0.5, 0.6) is 0 Å². The van der Waals surface area contributed by atoms with E-state index in [1.807, 2.05) is 25.1 Å². The number of benzene rings is 1. The molecule has 2 aromatic rings. The molecule has 1 saturated carbocycles. The summed E-state index contributed by atoms with van der Waals surface area (Å²) in [5, 5.41) is 1.70. The second-order valence-corrected chi connectivity index (χ2v) is 5.67. The fraction of sp³-hybridized carbons (Fsp3) is 0.400. The maximum absolute atomic E-state index is 6.16. The van der Waals surface area contributed by atoms with E-state index in [0.717, 1.165) is 32.9 Å². The van der Waals surface area contributed by atoms with Gasteiger partial charge in [0.25, 0.3) is 0 Å². The molecule has 2 N–H and O–H groups in total. The molecule has 1 aromatic heterocycles. The molecule has 0 bridgehead atoms. The van der Waals surface area contributed by atoms with E-state index in [-0.39, 0.29) is 0 Å². The molecule has 0 spiro atoms. The largest absolute Gasteiger partial charge is 0.398 e. The van der Waals surface area contributed by atoms with Crippen molar-refractivity contribution in [3.63, 3.8) is 0 Å². The number of nitrogens with two attached hydrogens (primary N) is 1. The highest BCUT2D eigenvalue weighted by Gasteiger charge is 2.19. The summed E-state index contributed by atoms with van der Waals surface area (Å²) in [5.41, 5.74) is 10.2. The number of halogens is 1. The van der Waals surface area contributed by atoms with Gasteiger partial charge < -0.3 is 5.73 Å². The van der Waals surface area contributed by atoms with Crippen LogP contribution in [0.15, 0.2) is 18.2 Å². The van der Waals surface area contributed by atoms with Gasteiger partial charge in [0.1, 0.15) is 0 Å². The Hall–Kier alpha value is -1.28. The molecule has 0 atom stereocenters. The van der Waals surface area contributed by atoms with Gasteiger partial charge >= 0.3 is 0 Å². The van der Waals surface area contributed by atoms with Gasteiger partial charge in [0.05, 0.1) is 5.52 Å². The Labute approximate surface area is 112 Å². The van der Waals surface area contributed by atoms with Gasteiger partial charge in [-0.3, -0.25) is 4.98 Å². The zero-order valence-electron chi connectivity index (χ0n) is 10.5. The fourth-order valence-corrected chi connectivity index (χ4v) is 3.21. The van der Waals surface area contributed by atoms with Crippen molar-refractivity contribution in [2.45, 2.75) is 38.5 Å². The first-order chi connectivity index (χ1) is 8.65. The van der Waals surface area contributed by atoms with Gasteiger partial charge in [0.15, 0.2) is 0 Å². The number of aryl methyl sites for hydroxylation is 1. The number of nitrogens with zero attached hydrogens (tertiary/aromatic N) is 1. The maximum Gasteiger partial charge on any atom is 0.0756 e. The monoisotopic (exact) mass is 260 g/mol. The molecule has 1 aliphatic carbocycles. The predicted octanol–water partition coefficient (Wildman–Crippen LogP) is 4.44. The molecule has 18 heavy (non-hydrogen) atoms. The number of fused-ring (bicyclic) bond motifs is 1. The summed E-state index contributed by atoms with van der Waals surface area (Å²) in [7, 11) is 0. The minimum absolute atomic E-state index is 0.590. The molecule has 0 aliphatic heterocycles. The lowest BCUT2D eigenvalue weighted by Crippen LogP contribution is -2.01. The zero-order chi connectivity index (χ0) is 12.7. The number of anilines is 1. The van der Waals surface area contributed by atoms with Gasteiger partial charge in [0, 0.05) is 27.7 Å². The van der Waals surface area contributed by atoms with Crippen LogP contribution in [-0.4, -0.2) is 4.98 Å². The van der Waals surface area contributed by atoms with E-state index >= 15 is 0 Å². The molecule has 3 heteroatoms. The van der Waals surface area contributed by atoms with Gasteiger partial charge in [-0.05, 0) is 43.5 Å². The first-order valence-corrected chi connectivity index (χ1v) is 6.89. The number of hydrogen-bond acceptors (Lipinski definition) is 2. The Morgan fingerprint density at radius 1 is 1.22 bits per heavy atom. The van der Waals surface area contributed by atoms with Crippen LogP contribution in [0.3, 0.4) is 0 Å². The lowest BCUT2D eigenvalue weighted by molar-refractivity contribution is 0.701. The summed E-state index contributed by atoms with van der Waals surface area (Å²) in [6.07, 6.45) is 5.10. The highest BCUT2D eigenvalue weighted by atomic mass is 35.5. The van der Waals surface area contributed by atoms with Crippen molar-refractivity contribution < 1.29 is 0 Å². The van der Waals surface area contributed by atoms with Gasteiger partial charge in [-0.25, -0.2) is 0 Å². The Bertz CT molecular complexity index is 601. The third kappa shape index (κ3) is 1.95. The van der Waals surface area contributed by atoms with Gasteiger partial charge in [-0.2, -0.15) is 0 Å². The Morgan fingerprint density at radius 2 is 1.94 bits per heavy atom. The van der Waals surface area contributed by atoms with E-state index < -0.39 is 0 Å². The molecule has 1 aromatic carbocycles. The second kappa shape index (κ2) is 4.43. The van der Waals surface area contributed by atoms with E-state index in [9.17, 15) is 0 Å². The van der Waals surface area contributed by atoms with Crippen LogP contribution < -0.4 is 5.73 Å². The van der Waals surface area contributed by atoms with Crippen LogP contribution in [0.1, 0.15) is 42.9 Å². The van der Waals surface area contributed by atoms with Crippen molar-refractivity contribution in [3.05, 3.63) is 34.5 Å². The molecule has 0 amide bonds. The van der Waals surface area contributed by atoms with Crippen LogP contribution >= 0.6 is 11.6 Å². The normalized spacial score (nSPS) is 16.6. The van der Waals surface area contributed by atoms with Crippen LogP contribution in [-0.2, 0) is 0 Å². The Morgan fingerprint density at radius 3 is 2.67 bits per heavy atom. The third-order valence-corrected chi connectivity index (χ3v) is 4.11. The molecule has 94 valence electrons. The second-order valence-electron chi connectivity index (χ2n) is 5.24. The van der Waals surface area contributed by atoms with Crippen molar-refractivity contribution >= 4 is 28.2 Å². The molecule has 1 aliphatic rings. The summed E-state index contributed by atoms with van der Waals surface area (Å²) in [5.74, 6) is 0.590. The highest BCUT2D eigenvalue weighted by Crippen LogP contribution is 2.36. The van der Waals surface area contributed by atoms with E-state index in [1.54, 1.807) is 0 Å². The molecular formula is C15H17ClN2. The molecule has 2 nitrogen and oxygen atoms in total. The quantitative estimate of drug-likeness (QED) is 0.823. The van der Waals surface area contributed by atoms with Gasteiger partial charge in [-0.15, -0.1) is 0 Å². The van der Waals surface area contributed by atoms with E-state index in [1.165, 1.54) is 25.7 Å². The van der Waals surface area contributed by atoms with Gasteiger partial charge in [0.2, 0.25) is 0 Å². The average Bonchev–Trinajstić information content (AvgIpc) is 2.83. The number of nitrogen functional groups attached to an aromatic ring is 1. The highest BCUT2D eigenvalue weighted by molar-refractivity contribution is 6.31. The minimum Gasteiger partial charge on any atom is -0.398 e. The molecular weight excluding hydrogens is 244 g/mol. The maximum atomic E-state index is 6.16. The van der Waals surface area contributed by atoms with Crippen LogP contribution in [0, 0.1) is 6.92 Å². The van der Waals surface area contributed by atoms with E-state index in [4.69, 9.17) is 22.3 Å². The van der Waals surface area contributed by atoms with Crippen molar-refractivity contribution in [2.24, 2.45) is 0 Å². The molecule has 0 unspecified atom stereocenters. The smallest absolute Gasteiger partial charge is 0.0756 e. The third-order valence-electron chi connectivity index (χ3n) is 3.89. The molecule has 0 saturated heterocycles. The van der Waals surface area contributed by atoms with Crippen molar-refractivity contribution in [1.29, 1.82) is 0 Å². The first kappa shape index (κ1) is 11.8. The topological polar surface area (TPSA) is 38.9 Å². The number of rotatable bonds is 1. The van der Waals surface area contributed by atoms with Crippen molar-refractivity contribution in [3.8, 4) is 0 Å². The fourth-order valence-electron chi connectivity index (χ4n) is 2.93. The standard InChI is InChI=1S/C15H17ClN2/c1-9-6-11(16)7-12-13(17)8-14(18-15(9)12)10-4-2-3-5-10/h6-8,10H,2-5H2,1H3,(H2,17,18). The number of aromatic nitrogens is 1. The lowest BCUT2D eigenvalue weighted by atomic mass is 10.0. The summed E-state index contributed by atoms with van der Waals surface area (Å²) in [6, 6.07) is 5.90. The predicted molar refractivity (Wildman–Crippen MR) is 77.1 cm³/mol. The molecule has 3 rings (SSSR count). The van der Waals surface area contributed by atoms with E-state index in [2.05, 4.69) is 0 Å². The minimum atomic E-state index is 0.590. The van der Waals surface area contributed by atoms with Crippen LogP contribution in [0.4, 0.5) is 5.69 Å². The van der Waals surface area contributed by atoms with Gasteiger partial charge in [-0.1, -0.05) is 24.4 Å². The summed E-state index contributed by atoms with van der Waals surface area (Å²) >= 11 is 6.08. The zero-order valence-corrected chi connectivity index (χ0v) is 11.3. The van der Waals surface area contributed by atoms with E-state index in [0.29, 0.717) is 5.92 Å². The Balaban J connectivity index is 2.20. The summed E-state index contributed by atoms with van der Waals surface area (Å²) in [6.45, 7) is 2.04. The van der Waals surface area contributed by atoms with Crippen molar-refractivity contribution in [1.82, 2.24) is 4.98 Å². The summed E-state index contributed by atoms with van der Waals surface area (Å²) < 4.78 is 0. The molecule has 1 fully saturated rings.